The van der Waals surface area contributed by atoms with E-state index in [0.717, 1.165) is 4.47 Å². The molecule has 0 aliphatic carbocycles. The zero-order chi connectivity index (χ0) is 15.4. The maximum absolute atomic E-state index is 12.3. The summed E-state index contributed by atoms with van der Waals surface area (Å²) in [7, 11) is 5.15. The smallest absolute Gasteiger partial charge is 0.318 e. The van der Waals surface area contributed by atoms with Gasteiger partial charge in [-0.2, -0.15) is 4.98 Å². The molecule has 0 aliphatic rings. The quantitative estimate of drug-likeness (QED) is 0.917. The van der Waals surface area contributed by atoms with E-state index in [1.165, 1.54) is 13.3 Å². The lowest BCUT2D eigenvalue weighted by Gasteiger charge is -2.17. The lowest BCUT2D eigenvalue weighted by molar-refractivity contribution is 0.102. The van der Waals surface area contributed by atoms with Gasteiger partial charge in [-0.1, -0.05) is 12.1 Å². The van der Waals surface area contributed by atoms with Crippen LogP contribution >= 0.6 is 15.9 Å². The number of aromatic nitrogens is 2. The molecule has 2 aromatic rings. The van der Waals surface area contributed by atoms with Crippen LogP contribution in [-0.4, -0.2) is 37.1 Å². The second-order valence-electron chi connectivity index (χ2n) is 4.42. The summed E-state index contributed by atoms with van der Waals surface area (Å²) in [6, 6.07) is 7.45. The molecule has 2 rings (SSSR count). The minimum atomic E-state index is -0.237. The molecule has 0 saturated heterocycles. The second kappa shape index (κ2) is 6.53. The highest BCUT2D eigenvalue weighted by atomic mass is 79.9. The number of carbonyl (C=O) groups is 1. The highest BCUT2D eigenvalue weighted by molar-refractivity contribution is 9.10. The maximum Gasteiger partial charge on any atom is 0.318 e. The van der Waals surface area contributed by atoms with Gasteiger partial charge in [0, 0.05) is 18.6 Å². The normalized spacial score (nSPS) is 10.1. The summed E-state index contributed by atoms with van der Waals surface area (Å²) in [6.07, 6.45) is 1.52. The standard InChI is InChI=1S/C14H15BrN4O2/c1-19(2)12-11(8-16-14(18-12)21-3)17-13(20)9-6-4-5-7-10(9)15/h4-8H,1-3H3,(H,17,20). The van der Waals surface area contributed by atoms with Gasteiger partial charge in [-0.25, -0.2) is 4.98 Å². The minimum Gasteiger partial charge on any atom is -0.467 e. The van der Waals surface area contributed by atoms with Crippen molar-refractivity contribution in [3.8, 4) is 6.01 Å². The van der Waals surface area contributed by atoms with Crippen LogP contribution in [0.1, 0.15) is 10.4 Å². The first-order valence-corrected chi connectivity index (χ1v) is 6.96. The number of benzene rings is 1. The molecule has 1 aromatic carbocycles. The van der Waals surface area contributed by atoms with E-state index in [1.807, 2.05) is 26.2 Å². The number of hydrogen-bond donors (Lipinski definition) is 1. The fourth-order valence-electron chi connectivity index (χ4n) is 1.72. The molecule has 0 spiro atoms. The zero-order valence-electron chi connectivity index (χ0n) is 11.9. The Bertz CT molecular complexity index is 661. The van der Waals surface area contributed by atoms with E-state index in [-0.39, 0.29) is 11.9 Å². The number of halogens is 1. The van der Waals surface area contributed by atoms with Gasteiger partial charge in [-0.05, 0) is 28.1 Å². The van der Waals surface area contributed by atoms with Crippen LogP contribution in [0.2, 0.25) is 0 Å². The molecule has 0 unspecified atom stereocenters. The van der Waals surface area contributed by atoms with Gasteiger partial charge < -0.3 is 15.0 Å². The average Bonchev–Trinajstić information content (AvgIpc) is 2.47. The number of nitrogens with one attached hydrogen (secondary N) is 1. The van der Waals surface area contributed by atoms with Crippen LogP contribution in [0.4, 0.5) is 11.5 Å². The van der Waals surface area contributed by atoms with Crippen LogP contribution in [0.15, 0.2) is 34.9 Å². The summed E-state index contributed by atoms with van der Waals surface area (Å²) in [6.45, 7) is 0. The van der Waals surface area contributed by atoms with Crippen LogP contribution in [0.25, 0.3) is 0 Å². The number of amides is 1. The molecule has 1 N–H and O–H groups in total. The first-order valence-electron chi connectivity index (χ1n) is 6.17. The molecular weight excluding hydrogens is 336 g/mol. The number of ether oxygens (including phenoxy) is 1. The van der Waals surface area contributed by atoms with Gasteiger partial charge in [-0.3, -0.25) is 4.79 Å². The van der Waals surface area contributed by atoms with Crippen molar-refractivity contribution in [3.63, 3.8) is 0 Å². The molecule has 0 atom stereocenters. The largest absolute Gasteiger partial charge is 0.467 e. The van der Waals surface area contributed by atoms with Gasteiger partial charge in [0.2, 0.25) is 0 Å². The monoisotopic (exact) mass is 350 g/mol. The lowest BCUT2D eigenvalue weighted by Crippen LogP contribution is -2.19. The molecule has 0 radical (unpaired) electrons. The Morgan fingerprint density at radius 3 is 2.67 bits per heavy atom. The summed E-state index contributed by atoms with van der Waals surface area (Å²) in [4.78, 5) is 22.3. The number of anilines is 2. The van der Waals surface area contributed by atoms with Crippen molar-refractivity contribution < 1.29 is 9.53 Å². The summed E-state index contributed by atoms with van der Waals surface area (Å²) < 4.78 is 5.72. The van der Waals surface area contributed by atoms with Crippen LogP contribution < -0.4 is 15.0 Å². The Hall–Kier alpha value is -2.15. The van der Waals surface area contributed by atoms with E-state index in [2.05, 4.69) is 31.2 Å². The van der Waals surface area contributed by atoms with Crippen LogP contribution in [0, 0.1) is 0 Å². The Labute approximate surface area is 131 Å². The summed E-state index contributed by atoms with van der Waals surface area (Å²) >= 11 is 3.36. The molecule has 110 valence electrons. The number of carbonyl (C=O) groups excluding carboxylic acids is 1. The third kappa shape index (κ3) is 3.49. The SMILES string of the molecule is COc1ncc(NC(=O)c2ccccc2Br)c(N(C)C)n1. The Balaban J connectivity index is 2.31. The van der Waals surface area contributed by atoms with E-state index in [0.29, 0.717) is 17.1 Å². The van der Waals surface area contributed by atoms with Crippen molar-refractivity contribution >= 4 is 33.3 Å². The van der Waals surface area contributed by atoms with Gasteiger partial charge in [0.05, 0.1) is 18.9 Å². The maximum atomic E-state index is 12.3. The molecule has 0 bridgehead atoms. The molecule has 21 heavy (non-hydrogen) atoms. The predicted octanol–water partition coefficient (Wildman–Crippen LogP) is 2.57. The van der Waals surface area contributed by atoms with Gasteiger partial charge in [0.15, 0.2) is 5.82 Å². The molecule has 6 nitrogen and oxygen atoms in total. The molecule has 0 fully saturated rings. The fraction of sp³-hybridized carbons (Fsp3) is 0.214. The third-order valence-electron chi connectivity index (χ3n) is 2.72. The van der Waals surface area contributed by atoms with Crippen molar-refractivity contribution in [2.24, 2.45) is 0 Å². The Kier molecular flexibility index (Phi) is 4.74. The molecule has 1 amide bonds. The molecule has 1 aromatic heterocycles. The summed E-state index contributed by atoms with van der Waals surface area (Å²) in [5.41, 5.74) is 1.06. The topological polar surface area (TPSA) is 67.3 Å². The first kappa shape index (κ1) is 15.2. The zero-order valence-corrected chi connectivity index (χ0v) is 13.5. The number of hydrogen-bond acceptors (Lipinski definition) is 5. The van der Waals surface area contributed by atoms with E-state index in [1.54, 1.807) is 17.0 Å². The average molecular weight is 351 g/mol. The van der Waals surface area contributed by atoms with Gasteiger partial charge in [-0.15, -0.1) is 0 Å². The summed E-state index contributed by atoms with van der Waals surface area (Å²) in [5, 5.41) is 2.81. The number of methoxy groups -OCH3 is 1. The van der Waals surface area contributed by atoms with E-state index < -0.39 is 0 Å². The number of nitrogens with zero attached hydrogens (tertiary/aromatic N) is 3. The van der Waals surface area contributed by atoms with Gasteiger partial charge in [0.25, 0.3) is 5.91 Å². The van der Waals surface area contributed by atoms with Gasteiger partial charge in [0.1, 0.15) is 5.69 Å². The second-order valence-corrected chi connectivity index (χ2v) is 5.28. The third-order valence-corrected chi connectivity index (χ3v) is 3.41. The van der Waals surface area contributed by atoms with Crippen LogP contribution in [-0.2, 0) is 0 Å². The van der Waals surface area contributed by atoms with Crippen molar-refractivity contribution in [2.75, 3.05) is 31.4 Å². The van der Waals surface area contributed by atoms with Crippen LogP contribution in [0.3, 0.4) is 0 Å². The minimum absolute atomic E-state index is 0.237. The highest BCUT2D eigenvalue weighted by Gasteiger charge is 2.15. The Morgan fingerprint density at radius 1 is 1.33 bits per heavy atom. The van der Waals surface area contributed by atoms with Crippen molar-refractivity contribution in [1.29, 1.82) is 0 Å². The summed E-state index contributed by atoms with van der Waals surface area (Å²) in [5.74, 6) is 0.335. The fourth-order valence-corrected chi connectivity index (χ4v) is 2.18. The molecular formula is C14H15BrN4O2. The van der Waals surface area contributed by atoms with E-state index >= 15 is 0 Å². The van der Waals surface area contributed by atoms with Crippen LogP contribution in [0.5, 0.6) is 6.01 Å². The van der Waals surface area contributed by atoms with Gasteiger partial charge >= 0.3 is 6.01 Å². The van der Waals surface area contributed by atoms with Crippen molar-refractivity contribution in [2.45, 2.75) is 0 Å². The molecule has 1 heterocycles. The van der Waals surface area contributed by atoms with E-state index in [9.17, 15) is 4.79 Å². The molecule has 0 aliphatic heterocycles. The Morgan fingerprint density at radius 2 is 2.05 bits per heavy atom. The van der Waals surface area contributed by atoms with Crippen molar-refractivity contribution in [1.82, 2.24) is 9.97 Å². The molecule has 7 heteroatoms. The van der Waals surface area contributed by atoms with E-state index in [4.69, 9.17) is 4.74 Å². The molecule has 0 saturated carbocycles. The predicted molar refractivity (Wildman–Crippen MR) is 85.0 cm³/mol. The number of rotatable bonds is 4. The highest BCUT2D eigenvalue weighted by Crippen LogP contribution is 2.24. The lowest BCUT2D eigenvalue weighted by atomic mass is 10.2. The van der Waals surface area contributed by atoms with Crippen molar-refractivity contribution in [3.05, 3.63) is 40.5 Å². The first-order chi connectivity index (χ1) is 10.0.